The molecular weight excluding hydrogens is 665 g/mol. The van der Waals surface area contributed by atoms with Crippen LogP contribution in [0.25, 0.3) is 78.4 Å². The lowest BCUT2D eigenvalue weighted by Gasteiger charge is -2.35. The summed E-state index contributed by atoms with van der Waals surface area (Å²) < 4.78 is 0. The molecule has 8 aromatic carbocycles. The first-order valence-corrected chi connectivity index (χ1v) is 18.9. The van der Waals surface area contributed by atoms with Crippen molar-refractivity contribution in [1.29, 1.82) is 0 Å². The zero-order chi connectivity index (χ0) is 36.3. The van der Waals surface area contributed by atoms with Gasteiger partial charge in [0.05, 0.1) is 16.8 Å². The summed E-state index contributed by atoms with van der Waals surface area (Å²) in [6.07, 6.45) is 0. The molecule has 256 valence electrons. The van der Waals surface area contributed by atoms with Crippen LogP contribution in [-0.2, 0) is 5.41 Å². The average Bonchev–Trinajstić information content (AvgIpc) is 3.52. The number of rotatable bonds is 4. The summed E-state index contributed by atoms with van der Waals surface area (Å²) in [6, 6.07) is 74.6. The van der Waals surface area contributed by atoms with Gasteiger partial charge in [0.25, 0.3) is 0 Å². The van der Waals surface area contributed by atoms with Crippen LogP contribution in [0.15, 0.2) is 206 Å². The van der Waals surface area contributed by atoms with Crippen molar-refractivity contribution < 1.29 is 0 Å². The Bertz CT molecular complexity index is 2860. The molecular formula is C53H34N2. The molecule has 11 rings (SSSR count). The third-order valence-corrected chi connectivity index (χ3v) is 11.6. The second-order valence-corrected chi connectivity index (χ2v) is 14.5. The molecule has 0 saturated carbocycles. The Morgan fingerprint density at radius 3 is 1.22 bits per heavy atom. The van der Waals surface area contributed by atoms with Gasteiger partial charge in [-0.05, 0) is 78.9 Å². The van der Waals surface area contributed by atoms with Crippen LogP contribution in [0.3, 0.4) is 0 Å². The van der Waals surface area contributed by atoms with Gasteiger partial charge in [0.15, 0.2) is 5.82 Å². The maximum atomic E-state index is 5.32. The summed E-state index contributed by atoms with van der Waals surface area (Å²) in [6.45, 7) is 0. The fraction of sp³-hybridized carbons (Fsp3) is 0.0189. The van der Waals surface area contributed by atoms with Crippen molar-refractivity contribution in [3.63, 3.8) is 0 Å². The van der Waals surface area contributed by atoms with Crippen LogP contribution >= 0.6 is 0 Å². The first kappa shape index (κ1) is 31.4. The van der Waals surface area contributed by atoms with Gasteiger partial charge in [-0.3, -0.25) is 0 Å². The summed E-state index contributed by atoms with van der Waals surface area (Å²) in [5.41, 5.74) is 19.5. The fourth-order valence-corrected chi connectivity index (χ4v) is 9.14. The van der Waals surface area contributed by atoms with E-state index in [9.17, 15) is 0 Å². The Labute approximate surface area is 321 Å². The summed E-state index contributed by atoms with van der Waals surface area (Å²) in [5.74, 6) is 0.703. The maximum Gasteiger partial charge on any atom is 0.160 e. The van der Waals surface area contributed by atoms with Crippen LogP contribution in [0.5, 0.6) is 0 Å². The molecule has 2 heteroatoms. The van der Waals surface area contributed by atoms with Gasteiger partial charge >= 0.3 is 0 Å². The van der Waals surface area contributed by atoms with Crippen LogP contribution in [0.1, 0.15) is 22.3 Å². The van der Waals surface area contributed by atoms with Gasteiger partial charge in [-0.15, -0.1) is 0 Å². The molecule has 2 nitrogen and oxygen atoms in total. The quantitative estimate of drug-likeness (QED) is 0.183. The minimum atomic E-state index is -0.511. The smallest absolute Gasteiger partial charge is 0.160 e. The molecule has 0 aliphatic heterocycles. The summed E-state index contributed by atoms with van der Waals surface area (Å²) in [7, 11) is 0. The van der Waals surface area contributed by atoms with Gasteiger partial charge in [-0.25, -0.2) is 9.97 Å². The molecule has 9 aromatic rings. The van der Waals surface area contributed by atoms with E-state index < -0.39 is 5.41 Å². The Balaban J connectivity index is 1.16. The zero-order valence-electron chi connectivity index (χ0n) is 30.0. The predicted octanol–water partition coefficient (Wildman–Crippen LogP) is 13.2. The molecule has 1 aromatic heterocycles. The molecule has 0 atom stereocenters. The van der Waals surface area contributed by atoms with Crippen LogP contribution in [-0.4, -0.2) is 9.97 Å². The lowest BCUT2D eigenvalue weighted by molar-refractivity contribution is 0.775. The first-order valence-electron chi connectivity index (χ1n) is 18.9. The minimum absolute atomic E-state index is 0.511. The van der Waals surface area contributed by atoms with Crippen molar-refractivity contribution in [1.82, 2.24) is 9.97 Å². The van der Waals surface area contributed by atoms with Gasteiger partial charge in [-0.2, -0.15) is 0 Å². The highest BCUT2D eigenvalue weighted by Crippen LogP contribution is 2.61. The first-order chi connectivity index (χ1) is 27.3. The van der Waals surface area contributed by atoms with Crippen LogP contribution < -0.4 is 0 Å². The summed E-state index contributed by atoms with van der Waals surface area (Å²) >= 11 is 0. The topological polar surface area (TPSA) is 25.8 Å². The minimum Gasteiger partial charge on any atom is -0.228 e. The molecule has 0 amide bonds. The normalized spacial score (nSPS) is 12.9. The van der Waals surface area contributed by atoms with E-state index in [-0.39, 0.29) is 0 Å². The lowest BCUT2D eigenvalue weighted by atomic mass is 9.66. The second-order valence-electron chi connectivity index (χ2n) is 14.5. The molecule has 0 radical (unpaired) electrons. The van der Waals surface area contributed by atoms with Crippen molar-refractivity contribution in [3.8, 4) is 78.4 Å². The molecule has 1 heterocycles. The standard InChI is InChI=1S/C53H34N2/c1-3-15-35(16-4-1)36-27-29-38(30-28-36)52-54-50(37-17-5-2-6-18-37)34-51(55-52)39-31-32-49-45(33-39)41-20-8-7-19-40(41)42-21-9-12-24-46(42)53(49)47-25-13-10-22-43(47)44-23-11-14-26-48(44)53/h1-34H. The van der Waals surface area contributed by atoms with Crippen molar-refractivity contribution in [3.05, 3.63) is 229 Å². The Hall–Kier alpha value is -7.16. The lowest BCUT2D eigenvalue weighted by Crippen LogP contribution is -2.29. The largest absolute Gasteiger partial charge is 0.228 e. The van der Waals surface area contributed by atoms with Crippen molar-refractivity contribution >= 4 is 0 Å². The van der Waals surface area contributed by atoms with E-state index >= 15 is 0 Å². The summed E-state index contributed by atoms with van der Waals surface area (Å²) in [4.78, 5) is 10.5. The molecule has 2 aliphatic carbocycles. The van der Waals surface area contributed by atoms with Crippen molar-refractivity contribution in [2.75, 3.05) is 0 Å². The number of hydrogen-bond acceptors (Lipinski definition) is 2. The molecule has 0 unspecified atom stereocenters. The van der Waals surface area contributed by atoms with Gasteiger partial charge < -0.3 is 0 Å². The number of fused-ring (bicyclic) bond motifs is 12. The monoisotopic (exact) mass is 698 g/mol. The van der Waals surface area contributed by atoms with E-state index in [1.165, 1.54) is 61.2 Å². The molecule has 0 fully saturated rings. The van der Waals surface area contributed by atoms with E-state index in [2.05, 4.69) is 194 Å². The van der Waals surface area contributed by atoms with Crippen LogP contribution in [0.4, 0.5) is 0 Å². The zero-order valence-corrected chi connectivity index (χ0v) is 30.0. The Morgan fingerprint density at radius 2 is 0.636 bits per heavy atom. The molecule has 0 N–H and O–H groups in total. The molecule has 0 saturated heterocycles. The highest BCUT2D eigenvalue weighted by Gasteiger charge is 2.49. The van der Waals surface area contributed by atoms with E-state index in [1.807, 2.05) is 12.1 Å². The fourth-order valence-electron chi connectivity index (χ4n) is 9.14. The number of nitrogens with zero attached hydrogens (tertiary/aromatic N) is 2. The van der Waals surface area contributed by atoms with E-state index in [4.69, 9.17) is 9.97 Å². The van der Waals surface area contributed by atoms with Gasteiger partial charge in [0.2, 0.25) is 0 Å². The van der Waals surface area contributed by atoms with E-state index in [0.717, 1.165) is 33.6 Å². The third kappa shape index (κ3) is 4.82. The third-order valence-electron chi connectivity index (χ3n) is 11.6. The maximum absolute atomic E-state index is 5.32. The van der Waals surface area contributed by atoms with Gasteiger partial charge in [0, 0.05) is 16.7 Å². The number of aromatic nitrogens is 2. The van der Waals surface area contributed by atoms with Gasteiger partial charge in [-0.1, -0.05) is 194 Å². The molecule has 1 spiro atoms. The SMILES string of the molecule is c1ccc(-c2ccc(-c3nc(-c4ccccc4)cc(-c4ccc5c(c4)-c4ccccc4-c4ccccc4C54c5ccccc5-c5ccccc54)n3)cc2)cc1. The Morgan fingerprint density at radius 1 is 0.255 bits per heavy atom. The van der Waals surface area contributed by atoms with E-state index in [0.29, 0.717) is 5.82 Å². The van der Waals surface area contributed by atoms with Crippen LogP contribution in [0.2, 0.25) is 0 Å². The molecule has 0 bridgehead atoms. The number of hydrogen-bond donors (Lipinski definition) is 0. The summed E-state index contributed by atoms with van der Waals surface area (Å²) in [5, 5.41) is 0. The molecule has 2 aliphatic rings. The van der Waals surface area contributed by atoms with E-state index in [1.54, 1.807) is 0 Å². The van der Waals surface area contributed by atoms with Crippen molar-refractivity contribution in [2.45, 2.75) is 5.41 Å². The van der Waals surface area contributed by atoms with Crippen molar-refractivity contribution in [2.24, 2.45) is 0 Å². The van der Waals surface area contributed by atoms with Gasteiger partial charge in [0.1, 0.15) is 0 Å². The predicted molar refractivity (Wildman–Crippen MR) is 226 cm³/mol. The number of benzene rings is 8. The highest BCUT2D eigenvalue weighted by atomic mass is 14.9. The highest BCUT2D eigenvalue weighted by molar-refractivity contribution is 5.98. The molecule has 55 heavy (non-hydrogen) atoms. The van der Waals surface area contributed by atoms with Crippen LogP contribution in [0, 0.1) is 0 Å². The second kappa shape index (κ2) is 12.5. The average molecular weight is 699 g/mol. The Kier molecular flexibility index (Phi) is 7.11.